The summed E-state index contributed by atoms with van der Waals surface area (Å²) in [6, 6.07) is 5.98. The summed E-state index contributed by atoms with van der Waals surface area (Å²) in [5, 5.41) is 3.33. The fourth-order valence-electron chi connectivity index (χ4n) is 2.19. The number of carbonyl (C=O) groups is 1. The molecule has 3 nitrogen and oxygen atoms in total. The second-order valence-corrected chi connectivity index (χ2v) is 4.46. The highest BCUT2D eigenvalue weighted by Crippen LogP contribution is 2.20. The van der Waals surface area contributed by atoms with Crippen LogP contribution in [0.1, 0.15) is 35.2 Å². The zero-order valence-electron chi connectivity index (χ0n) is 9.62. The predicted molar refractivity (Wildman–Crippen MR) is 65.6 cm³/mol. The van der Waals surface area contributed by atoms with Crippen LogP contribution in [0, 0.1) is 6.92 Å². The third-order valence-electron chi connectivity index (χ3n) is 3.22. The zero-order valence-corrected chi connectivity index (χ0v) is 9.62. The van der Waals surface area contributed by atoms with E-state index in [1.165, 1.54) is 6.42 Å². The van der Waals surface area contributed by atoms with E-state index in [2.05, 4.69) is 5.32 Å². The summed E-state index contributed by atoms with van der Waals surface area (Å²) in [6.07, 6.45) is 2.83. The van der Waals surface area contributed by atoms with Crippen molar-refractivity contribution in [3.05, 3.63) is 29.3 Å². The Kier molecular flexibility index (Phi) is 3.25. The van der Waals surface area contributed by atoms with Gasteiger partial charge in [0.1, 0.15) is 0 Å². The summed E-state index contributed by atoms with van der Waals surface area (Å²) in [5.41, 5.74) is 8.20. The summed E-state index contributed by atoms with van der Waals surface area (Å²) < 4.78 is 0. The molecule has 1 aliphatic heterocycles. The normalized spacial score (nSPS) is 19.9. The molecule has 3 heteroatoms. The summed E-state index contributed by atoms with van der Waals surface area (Å²) in [7, 11) is 0. The number of para-hydroxylation sites is 1. The van der Waals surface area contributed by atoms with Crippen molar-refractivity contribution in [2.45, 2.75) is 32.2 Å². The van der Waals surface area contributed by atoms with Gasteiger partial charge in [0, 0.05) is 23.7 Å². The predicted octanol–water partition coefficient (Wildman–Crippen LogP) is 1.90. The number of nitrogen functional groups attached to an aromatic ring is 1. The Morgan fingerprint density at radius 3 is 3.06 bits per heavy atom. The molecule has 0 aliphatic carbocycles. The average molecular weight is 218 g/mol. The van der Waals surface area contributed by atoms with Crippen LogP contribution in [0.5, 0.6) is 0 Å². The van der Waals surface area contributed by atoms with Gasteiger partial charge in [-0.15, -0.1) is 0 Å². The maximum atomic E-state index is 12.1. The van der Waals surface area contributed by atoms with Gasteiger partial charge in [-0.1, -0.05) is 12.1 Å². The van der Waals surface area contributed by atoms with Crippen molar-refractivity contribution in [2.75, 3.05) is 12.3 Å². The number of carbonyl (C=O) groups excluding carboxylic acids is 1. The topological polar surface area (TPSA) is 55.1 Å². The zero-order chi connectivity index (χ0) is 11.5. The van der Waals surface area contributed by atoms with Crippen LogP contribution in [0.4, 0.5) is 5.69 Å². The number of aryl methyl sites for hydroxylation is 1. The summed E-state index contributed by atoms with van der Waals surface area (Å²) >= 11 is 0. The molecule has 1 saturated heterocycles. The van der Waals surface area contributed by atoms with Gasteiger partial charge in [-0.3, -0.25) is 4.79 Å². The number of rotatable bonds is 3. The van der Waals surface area contributed by atoms with Gasteiger partial charge in [0.2, 0.25) is 0 Å². The molecule has 1 aromatic carbocycles. The van der Waals surface area contributed by atoms with Crippen molar-refractivity contribution in [1.82, 2.24) is 5.32 Å². The molecule has 0 aromatic heterocycles. The summed E-state index contributed by atoms with van der Waals surface area (Å²) in [6.45, 7) is 2.96. The molecule has 0 spiro atoms. The lowest BCUT2D eigenvalue weighted by Gasteiger charge is -2.11. The lowest BCUT2D eigenvalue weighted by atomic mass is 9.99. The molecule has 1 fully saturated rings. The fourth-order valence-corrected chi connectivity index (χ4v) is 2.19. The van der Waals surface area contributed by atoms with E-state index in [1.807, 2.05) is 25.1 Å². The van der Waals surface area contributed by atoms with E-state index in [0.29, 0.717) is 23.7 Å². The van der Waals surface area contributed by atoms with E-state index in [1.54, 1.807) is 0 Å². The van der Waals surface area contributed by atoms with Crippen molar-refractivity contribution < 1.29 is 4.79 Å². The van der Waals surface area contributed by atoms with Gasteiger partial charge in [-0.05, 0) is 37.9 Å². The Labute approximate surface area is 96.0 Å². The Hall–Kier alpha value is -1.35. The van der Waals surface area contributed by atoms with E-state index >= 15 is 0 Å². The summed E-state index contributed by atoms with van der Waals surface area (Å²) in [4.78, 5) is 12.1. The molecule has 0 bridgehead atoms. The minimum absolute atomic E-state index is 0.153. The molecule has 1 aromatic rings. The van der Waals surface area contributed by atoms with Crippen LogP contribution in [0.2, 0.25) is 0 Å². The molecule has 1 unspecified atom stereocenters. The molecular formula is C13H18N2O. The van der Waals surface area contributed by atoms with Crippen LogP contribution in [-0.4, -0.2) is 18.4 Å². The first-order chi connectivity index (χ1) is 7.68. The maximum absolute atomic E-state index is 12.1. The van der Waals surface area contributed by atoms with Crippen molar-refractivity contribution in [2.24, 2.45) is 0 Å². The highest BCUT2D eigenvalue weighted by molar-refractivity contribution is 6.01. The number of hydrogen-bond donors (Lipinski definition) is 2. The van der Waals surface area contributed by atoms with E-state index in [-0.39, 0.29) is 5.78 Å². The number of Topliss-reactive ketones (excluding diaryl/α,β-unsaturated/α-hetero) is 1. The number of hydrogen-bond acceptors (Lipinski definition) is 3. The van der Waals surface area contributed by atoms with E-state index < -0.39 is 0 Å². The highest BCUT2D eigenvalue weighted by atomic mass is 16.1. The Morgan fingerprint density at radius 1 is 1.56 bits per heavy atom. The second kappa shape index (κ2) is 4.66. The van der Waals surface area contributed by atoms with Gasteiger partial charge >= 0.3 is 0 Å². The van der Waals surface area contributed by atoms with E-state index in [4.69, 9.17) is 5.73 Å². The van der Waals surface area contributed by atoms with Crippen LogP contribution in [0.15, 0.2) is 18.2 Å². The number of nitrogens with two attached hydrogens (primary N) is 1. The van der Waals surface area contributed by atoms with Crippen molar-refractivity contribution in [3.63, 3.8) is 0 Å². The minimum Gasteiger partial charge on any atom is -0.398 e. The molecule has 0 amide bonds. The second-order valence-electron chi connectivity index (χ2n) is 4.46. The number of ketones is 1. The van der Waals surface area contributed by atoms with Crippen LogP contribution < -0.4 is 11.1 Å². The molecule has 0 radical (unpaired) electrons. The molecule has 1 atom stereocenters. The van der Waals surface area contributed by atoms with E-state index in [0.717, 1.165) is 18.5 Å². The maximum Gasteiger partial charge on any atom is 0.166 e. The van der Waals surface area contributed by atoms with Crippen LogP contribution in [-0.2, 0) is 0 Å². The molecule has 1 heterocycles. The van der Waals surface area contributed by atoms with E-state index in [9.17, 15) is 4.79 Å². The lowest BCUT2D eigenvalue weighted by Crippen LogP contribution is -2.25. The molecule has 1 aliphatic rings. The van der Waals surface area contributed by atoms with Gasteiger partial charge in [0.25, 0.3) is 0 Å². The monoisotopic (exact) mass is 218 g/mol. The smallest absolute Gasteiger partial charge is 0.166 e. The van der Waals surface area contributed by atoms with Gasteiger partial charge in [-0.25, -0.2) is 0 Å². The van der Waals surface area contributed by atoms with Crippen LogP contribution in [0.25, 0.3) is 0 Å². The van der Waals surface area contributed by atoms with Crippen molar-refractivity contribution >= 4 is 11.5 Å². The van der Waals surface area contributed by atoms with Crippen molar-refractivity contribution in [1.29, 1.82) is 0 Å². The third kappa shape index (κ3) is 2.25. The lowest BCUT2D eigenvalue weighted by molar-refractivity contribution is 0.0972. The highest BCUT2D eigenvalue weighted by Gasteiger charge is 2.19. The van der Waals surface area contributed by atoms with Crippen LogP contribution in [0.3, 0.4) is 0 Å². The van der Waals surface area contributed by atoms with Gasteiger partial charge in [-0.2, -0.15) is 0 Å². The Balaban J connectivity index is 2.11. The molecule has 86 valence electrons. The quantitative estimate of drug-likeness (QED) is 0.602. The minimum atomic E-state index is 0.153. The molecule has 3 N–H and O–H groups in total. The van der Waals surface area contributed by atoms with Crippen molar-refractivity contribution in [3.8, 4) is 0 Å². The largest absolute Gasteiger partial charge is 0.398 e. The Bertz CT molecular complexity index is 395. The molecule has 0 saturated carbocycles. The summed E-state index contributed by atoms with van der Waals surface area (Å²) in [5.74, 6) is 0.153. The number of benzene rings is 1. The van der Waals surface area contributed by atoms with Crippen LogP contribution >= 0.6 is 0 Å². The molecular weight excluding hydrogens is 200 g/mol. The van der Waals surface area contributed by atoms with Gasteiger partial charge < -0.3 is 11.1 Å². The first-order valence-electron chi connectivity index (χ1n) is 5.80. The number of anilines is 1. The first-order valence-corrected chi connectivity index (χ1v) is 5.80. The molecule has 2 rings (SSSR count). The van der Waals surface area contributed by atoms with Gasteiger partial charge in [0.15, 0.2) is 5.78 Å². The third-order valence-corrected chi connectivity index (χ3v) is 3.22. The number of nitrogens with one attached hydrogen (secondary N) is 1. The van der Waals surface area contributed by atoms with Gasteiger partial charge in [0.05, 0.1) is 0 Å². The first kappa shape index (κ1) is 11.1. The SMILES string of the molecule is Cc1cccc(C(=O)CC2CCCN2)c1N. The standard InChI is InChI=1S/C13H18N2O/c1-9-4-2-6-11(13(9)14)12(16)8-10-5-3-7-15-10/h2,4,6,10,15H,3,5,7-8,14H2,1H3. The average Bonchev–Trinajstić information content (AvgIpc) is 2.74. The fraction of sp³-hybridized carbons (Fsp3) is 0.462. The Morgan fingerprint density at radius 2 is 2.38 bits per heavy atom. The molecule has 16 heavy (non-hydrogen) atoms.